The monoisotopic (exact) mass is 268 g/mol. The zero-order valence-corrected chi connectivity index (χ0v) is 11.7. The molecule has 0 saturated carbocycles. The van der Waals surface area contributed by atoms with Crippen molar-refractivity contribution in [3.05, 3.63) is 23.8 Å². The Kier molecular flexibility index (Phi) is 6.28. The molecule has 1 aromatic rings. The summed E-state index contributed by atoms with van der Waals surface area (Å²) < 4.78 is 11.1. The first-order chi connectivity index (χ1) is 8.67. The fourth-order valence-corrected chi connectivity index (χ4v) is 1.68. The maximum absolute atomic E-state index is 5.56. The van der Waals surface area contributed by atoms with Crippen molar-refractivity contribution >= 4 is 17.3 Å². The van der Waals surface area contributed by atoms with E-state index in [9.17, 15) is 0 Å². The van der Waals surface area contributed by atoms with Crippen LogP contribution in [0.5, 0.6) is 11.5 Å². The van der Waals surface area contributed by atoms with Gasteiger partial charge in [-0.15, -0.1) is 0 Å². The van der Waals surface area contributed by atoms with Crippen molar-refractivity contribution in [3.63, 3.8) is 0 Å². The summed E-state index contributed by atoms with van der Waals surface area (Å²) in [6.07, 6.45) is 0.837. The summed E-state index contributed by atoms with van der Waals surface area (Å²) in [6.45, 7) is 5.87. The normalized spacial score (nSPS) is 9.89. The molecule has 1 rings (SSSR count). The third-order valence-electron chi connectivity index (χ3n) is 2.32. The zero-order chi connectivity index (χ0) is 13.4. The van der Waals surface area contributed by atoms with Gasteiger partial charge in [-0.25, -0.2) is 0 Å². The van der Waals surface area contributed by atoms with Gasteiger partial charge in [-0.3, -0.25) is 0 Å². The minimum absolute atomic E-state index is 0.325. The Morgan fingerprint density at radius 2 is 1.89 bits per heavy atom. The predicted molar refractivity (Wildman–Crippen MR) is 77.3 cm³/mol. The van der Waals surface area contributed by atoms with Gasteiger partial charge in [0.05, 0.1) is 13.2 Å². The number of benzene rings is 1. The van der Waals surface area contributed by atoms with E-state index in [1.807, 2.05) is 32.0 Å². The molecule has 0 unspecified atom stereocenters. The van der Waals surface area contributed by atoms with Crippen LogP contribution in [0.15, 0.2) is 18.2 Å². The molecule has 0 aromatic heterocycles. The molecule has 0 heterocycles. The Hall–Kier alpha value is -1.49. The van der Waals surface area contributed by atoms with Gasteiger partial charge in [-0.05, 0) is 50.2 Å². The summed E-state index contributed by atoms with van der Waals surface area (Å²) in [7, 11) is 0. The van der Waals surface area contributed by atoms with Crippen LogP contribution in [0.3, 0.4) is 0 Å². The predicted octanol–water partition coefficient (Wildman–Crippen LogP) is 1.86. The van der Waals surface area contributed by atoms with Crippen molar-refractivity contribution < 1.29 is 9.47 Å². The summed E-state index contributed by atoms with van der Waals surface area (Å²) in [5, 5.41) is 3.25. The molecule has 0 aliphatic rings. The molecule has 0 aliphatic carbocycles. The Morgan fingerprint density at radius 1 is 1.22 bits per heavy atom. The minimum atomic E-state index is 0.325. The third-order valence-corrected chi connectivity index (χ3v) is 2.47. The van der Waals surface area contributed by atoms with Gasteiger partial charge in [0.25, 0.3) is 0 Å². The number of rotatable bonds is 7. The van der Waals surface area contributed by atoms with Gasteiger partial charge in [0.2, 0.25) is 0 Å². The highest BCUT2D eigenvalue weighted by molar-refractivity contribution is 7.80. The molecule has 100 valence electrons. The topological polar surface area (TPSA) is 56.5 Å². The van der Waals surface area contributed by atoms with Crippen molar-refractivity contribution in [2.24, 2.45) is 5.73 Å². The molecule has 0 saturated heterocycles. The van der Waals surface area contributed by atoms with Gasteiger partial charge in [-0.2, -0.15) is 0 Å². The molecule has 0 radical (unpaired) electrons. The van der Waals surface area contributed by atoms with Crippen molar-refractivity contribution in [2.75, 3.05) is 19.8 Å². The van der Waals surface area contributed by atoms with Crippen molar-refractivity contribution in [3.8, 4) is 11.5 Å². The fraction of sp³-hybridized carbons (Fsp3) is 0.462. The average Bonchev–Trinajstić information content (AvgIpc) is 2.32. The van der Waals surface area contributed by atoms with E-state index in [1.54, 1.807) is 0 Å². The SMILES string of the molecule is CCOc1ccc(CCNC(N)=S)cc1OCC. The van der Waals surface area contributed by atoms with Crippen molar-refractivity contribution in [2.45, 2.75) is 20.3 Å². The van der Waals surface area contributed by atoms with E-state index >= 15 is 0 Å². The Morgan fingerprint density at radius 3 is 2.50 bits per heavy atom. The summed E-state index contributed by atoms with van der Waals surface area (Å²) in [5.41, 5.74) is 6.53. The molecule has 0 bridgehead atoms. The van der Waals surface area contributed by atoms with Crippen molar-refractivity contribution in [1.82, 2.24) is 5.32 Å². The first-order valence-corrected chi connectivity index (χ1v) is 6.50. The van der Waals surface area contributed by atoms with Gasteiger partial charge in [0.15, 0.2) is 16.6 Å². The van der Waals surface area contributed by atoms with E-state index in [0.29, 0.717) is 18.3 Å². The number of nitrogens with one attached hydrogen (secondary N) is 1. The molecule has 18 heavy (non-hydrogen) atoms. The second-order valence-corrected chi connectivity index (χ2v) is 4.13. The highest BCUT2D eigenvalue weighted by atomic mass is 32.1. The van der Waals surface area contributed by atoms with E-state index in [-0.39, 0.29) is 0 Å². The Bertz CT molecular complexity index is 397. The molecule has 0 fully saturated rings. The Labute approximate surface area is 113 Å². The maximum atomic E-state index is 5.56. The second-order valence-electron chi connectivity index (χ2n) is 3.69. The van der Waals surface area contributed by atoms with Gasteiger partial charge in [0.1, 0.15) is 0 Å². The van der Waals surface area contributed by atoms with Gasteiger partial charge in [0, 0.05) is 6.54 Å². The molecule has 0 aliphatic heterocycles. The quantitative estimate of drug-likeness (QED) is 0.739. The lowest BCUT2D eigenvalue weighted by molar-refractivity contribution is 0.287. The summed E-state index contributed by atoms with van der Waals surface area (Å²) >= 11 is 4.76. The van der Waals surface area contributed by atoms with E-state index < -0.39 is 0 Å². The molecular formula is C13H20N2O2S. The third kappa shape index (κ3) is 4.79. The van der Waals surface area contributed by atoms with E-state index in [2.05, 4.69) is 5.32 Å². The zero-order valence-electron chi connectivity index (χ0n) is 10.9. The van der Waals surface area contributed by atoms with Gasteiger partial charge >= 0.3 is 0 Å². The summed E-state index contributed by atoms with van der Waals surface area (Å²) in [5.74, 6) is 1.57. The molecule has 1 aromatic carbocycles. The van der Waals surface area contributed by atoms with Crippen LogP contribution in [0.1, 0.15) is 19.4 Å². The van der Waals surface area contributed by atoms with Crippen LogP contribution in [0.25, 0.3) is 0 Å². The first-order valence-electron chi connectivity index (χ1n) is 6.09. The molecule has 0 spiro atoms. The molecule has 3 N–H and O–H groups in total. The molecule has 4 nitrogen and oxygen atoms in total. The second kappa shape index (κ2) is 7.76. The van der Waals surface area contributed by atoms with E-state index in [4.69, 9.17) is 27.4 Å². The van der Waals surface area contributed by atoms with Crippen LogP contribution < -0.4 is 20.5 Å². The summed E-state index contributed by atoms with van der Waals surface area (Å²) in [4.78, 5) is 0. The molecular weight excluding hydrogens is 248 g/mol. The van der Waals surface area contributed by atoms with E-state index in [0.717, 1.165) is 30.0 Å². The van der Waals surface area contributed by atoms with Gasteiger partial charge < -0.3 is 20.5 Å². The van der Waals surface area contributed by atoms with Crippen LogP contribution >= 0.6 is 12.2 Å². The fourth-order valence-electron chi connectivity index (χ4n) is 1.58. The van der Waals surface area contributed by atoms with Crippen LogP contribution in [0.4, 0.5) is 0 Å². The maximum Gasteiger partial charge on any atom is 0.163 e. The van der Waals surface area contributed by atoms with Crippen molar-refractivity contribution in [1.29, 1.82) is 0 Å². The summed E-state index contributed by atoms with van der Waals surface area (Å²) in [6, 6.07) is 5.95. The Balaban J connectivity index is 2.69. The number of thiocarbonyl (C=S) groups is 1. The first kappa shape index (κ1) is 14.6. The lowest BCUT2D eigenvalue weighted by Gasteiger charge is -2.12. The van der Waals surface area contributed by atoms with Crippen LogP contribution in [-0.4, -0.2) is 24.9 Å². The average molecular weight is 268 g/mol. The standard InChI is InChI=1S/C13H20N2O2S/c1-3-16-11-6-5-10(7-8-15-13(14)18)9-12(11)17-4-2/h5-6,9H,3-4,7-8H2,1-2H3,(H3,14,15,18). The smallest absolute Gasteiger partial charge is 0.163 e. The number of ether oxygens (including phenoxy) is 2. The molecule has 0 atom stereocenters. The van der Waals surface area contributed by atoms with Crippen LogP contribution in [0, 0.1) is 0 Å². The lowest BCUT2D eigenvalue weighted by atomic mass is 10.1. The van der Waals surface area contributed by atoms with E-state index in [1.165, 1.54) is 0 Å². The molecule has 5 heteroatoms. The van der Waals surface area contributed by atoms with Gasteiger partial charge in [-0.1, -0.05) is 6.07 Å². The largest absolute Gasteiger partial charge is 0.490 e. The highest BCUT2D eigenvalue weighted by Gasteiger charge is 2.05. The number of hydrogen-bond donors (Lipinski definition) is 2. The number of hydrogen-bond acceptors (Lipinski definition) is 3. The highest BCUT2D eigenvalue weighted by Crippen LogP contribution is 2.28. The van der Waals surface area contributed by atoms with Crippen LogP contribution in [0.2, 0.25) is 0 Å². The lowest BCUT2D eigenvalue weighted by Crippen LogP contribution is -2.30. The molecule has 0 amide bonds. The number of nitrogens with two attached hydrogens (primary N) is 1. The minimum Gasteiger partial charge on any atom is -0.490 e. The van der Waals surface area contributed by atoms with Crippen LogP contribution in [-0.2, 0) is 6.42 Å².